The lowest BCUT2D eigenvalue weighted by Gasteiger charge is -2.16. The van der Waals surface area contributed by atoms with Gasteiger partial charge in [0.2, 0.25) is 0 Å². The van der Waals surface area contributed by atoms with Gasteiger partial charge < -0.3 is 14.6 Å². The van der Waals surface area contributed by atoms with Gasteiger partial charge in [0.25, 0.3) is 5.56 Å². The molecule has 14 heteroatoms. The van der Waals surface area contributed by atoms with Crippen molar-refractivity contribution in [3.63, 3.8) is 0 Å². The van der Waals surface area contributed by atoms with Crippen LogP contribution in [0.5, 0.6) is 11.5 Å². The third-order valence-electron chi connectivity index (χ3n) is 6.32. The number of aromatic carboxylic acids is 1. The molecule has 0 bridgehead atoms. The van der Waals surface area contributed by atoms with Crippen molar-refractivity contribution in [2.24, 2.45) is 0 Å². The number of ether oxygens (including phenoxy) is 2. The monoisotopic (exact) mass is 607 g/mol. The first kappa shape index (κ1) is 28.4. The van der Waals surface area contributed by atoms with Crippen molar-refractivity contribution in [1.82, 2.24) is 14.5 Å². The van der Waals surface area contributed by atoms with Gasteiger partial charge in [-0.15, -0.1) is 11.3 Å². The molecule has 0 radical (unpaired) electrons. The molecule has 2 aromatic carbocycles. The molecule has 1 N–H and O–H groups in total. The van der Waals surface area contributed by atoms with E-state index >= 15 is 0 Å². The number of alkyl halides is 2. The highest BCUT2D eigenvalue weighted by atomic mass is 35.5. The molecule has 0 fully saturated rings. The number of halogens is 3. The zero-order valence-corrected chi connectivity index (χ0v) is 23.0. The highest BCUT2D eigenvalue weighted by molar-refractivity contribution is 7.18. The van der Waals surface area contributed by atoms with Crippen LogP contribution in [0.25, 0.3) is 32.2 Å². The van der Waals surface area contributed by atoms with Crippen molar-refractivity contribution in [1.29, 1.82) is 10.5 Å². The van der Waals surface area contributed by atoms with E-state index in [9.17, 15) is 34.0 Å². The number of aromatic nitrogens is 3. The fourth-order valence-corrected chi connectivity index (χ4v) is 5.72. The summed E-state index contributed by atoms with van der Waals surface area (Å²) < 4.78 is 38.4. The van der Waals surface area contributed by atoms with Crippen molar-refractivity contribution >= 4 is 50.0 Å². The fourth-order valence-electron chi connectivity index (χ4n) is 4.52. The standard InChI is InChI=1S/C28H16ClF2N5O5S/c1-13-35-20-8-14(10-32)24(41-28(30)31)18(11-33)22(20)26(37)36(13)6-7-40-21-3-2-15(29)9-17(21)16-4-5-34-23-19(27(38)39)12-42-25(16)23/h2-5,8-9,12,28H,6-7H2,1H3,(H,38,39). The SMILES string of the molecule is Cc1nc2cc(C#N)c(OC(F)F)c(C#N)c2c(=O)n1CCOc1ccc(Cl)cc1-c1ccnc2c(C(=O)O)csc12. The minimum atomic E-state index is -3.32. The van der Waals surface area contributed by atoms with Crippen molar-refractivity contribution in [3.05, 3.63) is 79.8 Å². The fraction of sp³-hybridized carbons (Fsp3) is 0.143. The van der Waals surface area contributed by atoms with Crippen LogP contribution in [0.1, 0.15) is 27.3 Å². The molecule has 0 amide bonds. The summed E-state index contributed by atoms with van der Waals surface area (Å²) in [7, 11) is 0. The van der Waals surface area contributed by atoms with E-state index in [0.29, 0.717) is 32.1 Å². The summed E-state index contributed by atoms with van der Waals surface area (Å²) in [6.07, 6.45) is 1.49. The molecule has 5 rings (SSSR count). The Kier molecular flexibility index (Phi) is 7.72. The minimum absolute atomic E-state index is 0.0113. The molecule has 0 aliphatic heterocycles. The van der Waals surface area contributed by atoms with E-state index in [-0.39, 0.29) is 41.0 Å². The second-order valence-corrected chi connectivity index (χ2v) is 10.0. The van der Waals surface area contributed by atoms with Crippen LogP contribution < -0.4 is 15.0 Å². The maximum atomic E-state index is 13.5. The van der Waals surface area contributed by atoms with Crippen LogP contribution in [0.3, 0.4) is 0 Å². The summed E-state index contributed by atoms with van der Waals surface area (Å²) in [6.45, 7) is -1.88. The molecule has 0 saturated carbocycles. The van der Waals surface area contributed by atoms with E-state index in [1.807, 2.05) is 0 Å². The predicted octanol–water partition coefficient (Wildman–Crippen LogP) is 5.76. The van der Waals surface area contributed by atoms with Gasteiger partial charge in [0.1, 0.15) is 35.9 Å². The Morgan fingerprint density at radius 2 is 2.00 bits per heavy atom. The second kappa shape index (κ2) is 11.4. The summed E-state index contributed by atoms with van der Waals surface area (Å²) >= 11 is 7.49. The zero-order chi connectivity index (χ0) is 30.1. The first-order valence-electron chi connectivity index (χ1n) is 12.0. The Morgan fingerprint density at radius 3 is 2.69 bits per heavy atom. The van der Waals surface area contributed by atoms with Crippen LogP contribution in [0, 0.1) is 29.6 Å². The van der Waals surface area contributed by atoms with Gasteiger partial charge in [-0.3, -0.25) is 14.3 Å². The number of nitrogens with zero attached hydrogens (tertiary/aromatic N) is 5. The lowest BCUT2D eigenvalue weighted by Crippen LogP contribution is -2.27. The number of carbonyl (C=O) groups is 1. The van der Waals surface area contributed by atoms with Gasteiger partial charge in [0, 0.05) is 27.7 Å². The minimum Gasteiger partial charge on any atom is -0.491 e. The molecule has 0 saturated heterocycles. The smallest absolute Gasteiger partial charge is 0.387 e. The van der Waals surface area contributed by atoms with E-state index in [0.717, 1.165) is 6.07 Å². The average Bonchev–Trinajstić information content (AvgIpc) is 3.40. The number of nitriles is 2. The molecule has 0 atom stereocenters. The molecular formula is C28H16ClF2N5O5S. The Balaban J connectivity index is 1.51. The van der Waals surface area contributed by atoms with Gasteiger partial charge in [-0.1, -0.05) is 11.6 Å². The summed E-state index contributed by atoms with van der Waals surface area (Å²) in [6, 6.07) is 11.1. The molecule has 3 aromatic heterocycles. The molecule has 0 aliphatic carbocycles. The maximum absolute atomic E-state index is 13.5. The molecule has 5 aromatic rings. The molecule has 10 nitrogen and oxygen atoms in total. The van der Waals surface area contributed by atoms with Crippen molar-refractivity contribution in [2.45, 2.75) is 20.1 Å². The number of rotatable bonds is 8. The highest BCUT2D eigenvalue weighted by Crippen LogP contribution is 2.39. The van der Waals surface area contributed by atoms with Crippen molar-refractivity contribution in [3.8, 4) is 34.8 Å². The normalized spacial score (nSPS) is 11.0. The first-order valence-corrected chi connectivity index (χ1v) is 13.3. The van der Waals surface area contributed by atoms with Crippen LogP contribution in [0.4, 0.5) is 8.78 Å². The van der Waals surface area contributed by atoms with Gasteiger partial charge in [-0.2, -0.15) is 19.3 Å². The van der Waals surface area contributed by atoms with Crippen LogP contribution >= 0.6 is 22.9 Å². The lowest BCUT2D eigenvalue weighted by atomic mass is 10.0. The third kappa shape index (κ3) is 5.07. The lowest BCUT2D eigenvalue weighted by molar-refractivity contribution is -0.0501. The van der Waals surface area contributed by atoms with Gasteiger partial charge in [0.15, 0.2) is 5.75 Å². The molecule has 0 aliphatic rings. The Hall–Kier alpha value is -5.11. The number of carboxylic acids is 1. The molecule has 210 valence electrons. The Morgan fingerprint density at radius 1 is 1.21 bits per heavy atom. The largest absolute Gasteiger partial charge is 0.491 e. The summed E-state index contributed by atoms with van der Waals surface area (Å²) in [5.41, 5.74) is 0.0247. The van der Waals surface area contributed by atoms with Crippen molar-refractivity contribution in [2.75, 3.05) is 6.61 Å². The molecule has 42 heavy (non-hydrogen) atoms. The average molecular weight is 608 g/mol. The number of pyridine rings is 1. The topological polar surface area (TPSA) is 151 Å². The van der Waals surface area contributed by atoms with E-state index in [1.165, 1.54) is 27.5 Å². The molecular weight excluding hydrogens is 592 g/mol. The number of hydrogen-bond acceptors (Lipinski definition) is 9. The Labute approximate surface area is 244 Å². The van der Waals surface area contributed by atoms with E-state index in [2.05, 4.69) is 14.7 Å². The molecule has 0 spiro atoms. The quantitative estimate of drug-likeness (QED) is 0.232. The summed E-state index contributed by atoms with van der Waals surface area (Å²) in [4.78, 5) is 33.6. The molecule has 3 heterocycles. The van der Waals surface area contributed by atoms with E-state index in [4.69, 9.17) is 16.3 Å². The van der Waals surface area contributed by atoms with Crippen LogP contribution in [0.15, 0.2) is 46.7 Å². The molecule has 0 unspecified atom stereocenters. The zero-order valence-electron chi connectivity index (χ0n) is 21.4. The number of carboxylic acid groups (broad SMARTS) is 1. The van der Waals surface area contributed by atoms with Crippen LogP contribution in [-0.4, -0.2) is 38.8 Å². The number of thiophene rings is 1. The van der Waals surface area contributed by atoms with E-state index < -0.39 is 29.5 Å². The Bertz CT molecular complexity index is 2050. The van der Waals surface area contributed by atoms with Gasteiger partial charge >= 0.3 is 12.6 Å². The second-order valence-electron chi connectivity index (χ2n) is 8.72. The van der Waals surface area contributed by atoms with Gasteiger partial charge in [0.05, 0.1) is 38.8 Å². The van der Waals surface area contributed by atoms with Gasteiger partial charge in [-0.05, 0) is 37.3 Å². The highest BCUT2D eigenvalue weighted by Gasteiger charge is 2.23. The number of fused-ring (bicyclic) bond motifs is 2. The van der Waals surface area contributed by atoms with Gasteiger partial charge in [-0.25, -0.2) is 9.78 Å². The third-order valence-corrected chi connectivity index (χ3v) is 7.56. The van der Waals surface area contributed by atoms with E-state index in [1.54, 1.807) is 43.3 Å². The predicted molar refractivity (Wildman–Crippen MR) is 149 cm³/mol. The number of benzene rings is 2. The maximum Gasteiger partial charge on any atom is 0.387 e. The summed E-state index contributed by atoms with van der Waals surface area (Å²) in [5, 5.41) is 30.2. The van der Waals surface area contributed by atoms with Crippen LogP contribution in [0.2, 0.25) is 5.02 Å². The van der Waals surface area contributed by atoms with Crippen molar-refractivity contribution < 1.29 is 28.2 Å². The first-order chi connectivity index (χ1) is 20.1. The summed E-state index contributed by atoms with van der Waals surface area (Å²) in [5.74, 6) is -1.17. The van der Waals surface area contributed by atoms with Crippen LogP contribution in [-0.2, 0) is 6.54 Å². The number of hydrogen-bond donors (Lipinski definition) is 1. The number of aryl methyl sites for hydroxylation is 1.